The molecule has 2 aromatic heterocycles. The van der Waals surface area contributed by atoms with Crippen LogP contribution in [-0.2, 0) is 19.1 Å². The van der Waals surface area contributed by atoms with Crippen molar-refractivity contribution in [1.29, 1.82) is 0 Å². The molecule has 0 fully saturated rings. The molecule has 0 saturated carbocycles. The highest BCUT2D eigenvalue weighted by atomic mass is 32.1. The van der Waals surface area contributed by atoms with E-state index in [0.29, 0.717) is 35.8 Å². The second-order valence-corrected chi connectivity index (χ2v) is 6.78. The van der Waals surface area contributed by atoms with Gasteiger partial charge in [-0.15, -0.1) is 11.3 Å². The maximum absolute atomic E-state index is 12.6. The second-order valence-electron chi connectivity index (χ2n) is 5.92. The number of thiazole rings is 1. The van der Waals surface area contributed by atoms with Crippen LogP contribution in [0.2, 0.25) is 0 Å². The number of hydrogen-bond acceptors (Lipinski definition) is 4. The highest BCUT2D eigenvalue weighted by molar-refractivity contribution is 7.13. The molecular formula is C17H13F3N4OS. The first-order chi connectivity index (χ1) is 12.4. The molecule has 3 aromatic rings. The van der Waals surface area contributed by atoms with Crippen LogP contribution in [0.5, 0.6) is 0 Å². The predicted molar refractivity (Wildman–Crippen MR) is 89.6 cm³/mol. The van der Waals surface area contributed by atoms with E-state index >= 15 is 0 Å². The second kappa shape index (κ2) is 6.24. The lowest BCUT2D eigenvalue weighted by Crippen LogP contribution is -2.36. The summed E-state index contributed by atoms with van der Waals surface area (Å²) < 4.78 is 37.9. The molecule has 9 heteroatoms. The summed E-state index contributed by atoms with van der Waals surface area (Å²) in [6, 6.07) is 4.77. The van der Waals surface area contributed by atoms with Crippen molar-refractivity contribution in [1.82, 2.24) is 19.9 Å². The molecule has 0 aliphatic carbocycles. The van der Waals surface area contributed by atoms with Gasteiger partial charge in [0.05, 0.1) is 29.8 Å². The van der Waals surface area contributed by atoms with Crippen molar-refractivity contribution in [3.63, 3.8) is 0 Å². The zero-order valence-electron chi connectivity index (χ0n) is 13.4. The van der Waals surface area contributed by atoms with Crippen molar-refractivity contribution in [3.05, 3.63) is 58.6 Å². The maximum atomic E-state index is 12.6. The molecule has 0 radical (unpaired) electrons. The van der Waals surface area contributed by atoms with Gasteiger partial charge in [-0.2, -0.15) is 13.2 Å². The number of aromatic nitrogens is 3. The number of H-pyrrole nitrogens is 1. The van der Waals surface area contributed by atoms with E-state index in [1.807, 2.05) is 0 Å². The number of benzene rings is 1. The number of aromatic amines is 1. The molecule has 1 aliphatic heterocycles. The van der Waals surface area contributed by atoms with E-state index in [4.69, 9.17) is 0 Å². The molecule has 5 nitrogen and oxygen atoms in total. The zero-order valence-corrected chi connectivity index (χ0v) is 14.2. The number of carbonyl (C=O) groups excluding carboxylic acids is 1. The van der Waals surface area contributed by atoms with Crippen molar-refractivity contribution < 1.29 is 18.0 Å². The monoisotopic (exact) mass is 378 g/mol. The Morgan fingerprint density at radius 2 is 2.00 bits per heavy atom. The Morgan fingerprint density at radius 3 is 2.73 bits per heavy atom. The Bertz CT molecular complexity index is 946. The number of fused-ring (bicyclic) bond motifs is 1. The summed E-state index contributed by atoms with van der Waals surface area (Å²) >= 11 is 1.24. The fraction of sp³-hybridized carbons (Fsp3) is 0.235. The largest absolute Gasteiger partial charge is 0.416 e. The number of halogens is 3. The van der Waals surface area contributed by atoms with Crippen LogP contribution in [0.25, 0.3) is 10.6 Å². The van der Waals surface area contributed by atoms with Crippen LogP contribution in [0.15, 0.2) is 36.0 Å². The third kappa shape index (κ3) is 3.10. The number of imidazole rings is 1. The van der Waals surface area contributed by atoms with Gasteiger partial charge in [-0.25, -0.2) is 9.97 Å². The van der Waals surface area contributed by atoms with Crippen LogP contribution in [0, 0.1) is 0 Å². The molecular weight excluding hydrogens is 365 g/mol. The molecule has 134 valence electrons. The van der Waals surface area contributed by atoms with Gasteiger partial charge in [0.25, 0.3) is 5.91 Å². The molecule has 26 heavy (non-hydrogen) atoms. The Hall–Kier alpha value is -2.68. The Balaban J connectivity index is 1.52. The third-order valence-electron chi connectivity index (χ3n) is 4.24. The minimum absolute atomic E-state index is 0.195. The van der Waals surface area contributed by atoms with Crippen molar-refractivity contribution in [2.45, 2.75) is 19.1 Å². The first-order valence-electron chi connectivity index (χ1n) is 7.85. The Morgan fingerprint density at radius 1 is 1.23 bits per heavy atom. The molecule has 3 heterocycles. The van der Waals surface area contributed by atoms with Gasteiger partial charge in [0.1, 0.15) is 10.7 Å². The lowest BCUT2D eigenvalue weighted by atomic mass is 10.1. The fourth-order valence-electron chi connectivity index (χ4n) is 2.85. The first kappa shape index (κ1) is 16.8. The summed E-state index contributed by atoms with van der Waals surface area (Å²) in [6.45, 7) is 1.01. The molecule has 1 aliphatic rings. The third-order valence-corrected chi connectivity index (χ3v) is 5.14. The summed E-state index contributed by atoms with van der Waals surface area (Å²) in [5.41, 5.74) is 2.03. The number of carbonyl (C=O) groups is 1. The van der Waals surface area contributed by atoms with Crippen molar-refractivity contribution in [2.75, 3.05) is 6.54 Å². The topological polar surface area (TPSA) is 61.9 Å². The van der Waals surface area contributed by atoms with Gasteiger partial charge in [0.15, 0.2) is 0 Å². The van der Waals surface area contributed by atoms with E-state index in [1.165, 1.54) is 23.5 Å². The summed E-state index contributed by atoms with van der Waals surface area (Å²) in [4.78, 5) is 25.9. The lowest BCUT2D eigenvalue weighted by Gasteiger charge is -2.25. The smallest absolute Gasteiger partial charge is 0.347 e. The molecule has 0 bridgehead atoms. The van der Waals surface area contributed by atoms with Crippen molar-refractivity contribution >= 4 is 17.2 Å². The molecule has 1 amide bonds. The van der Waals surface area contributed by atoms with Crippen LogP contribution >= 0.6 is 11.3 Å². The number of nitrogens with one attached hydrogen (secondary N) is 1. The van der Waals surface area contributed by atoms with Crippen LogP contribution in [0.1, 0.15) is 27.4 Å². The van der Waals surface area contributed by atoms with E-state index in [0.717, 1.165) is 23.5 Å². The van der Waals surface area contributed by atoms with E-state index in [-0.39, 0.29) is 5.91 Å². The standard InChI is InChI=1S/C17H13F3N4OS/c18-17(19,20)11-3-1-10(2-4-11)15-23-14(8-26-15)16(25)24-6-5-12-13(7-24)22-9-21-12/h1-4,8-9H,5-7H2,(H,21,22). The quantitative estimate of drug-likeness (QED) is 0.739. The first-order valence-corrected chi connectivity index (χ1v) is 8.73. The minimum Gasteiger partial charge on any atom is -0.347 e. The number of alkyl halides is 3. The van der Waals surface area contributed by atoms with Crippen LogP contribution in [-0.4, -0.2) is 32.3 Å². The molecule has 0 saturated heterocycles. The average molecular weight is 378 g/mol. The van der Waals surface area contributed by atoms with E-state index in [9.17, 15) is 18.0 Å². The van der Waals surface area contributed by atoms with Gasteiger partial charge >= 0.3 is 6.18 Å². The molecule has 1 N–H and O–H groups in total. The molecule has 4 rings (SSSR count). The highest BCUT2D eigenvalue weighted by Crippen LogP contribution is 2.32. The molecule has 0 unspecified atom stereocenters. The maximum Gasteiger partial charge on any atom is 0.416 e. The van der Waals surface area contributed by atoms with Gasteiger partial charge in [-0.1, -0.05) is 12.1 Å². The van der Waals surface area contributed by atoms with E-state index < -0.39 is 11.7 Å². The van der Waals surface area contributed by atoms with E-state index in [2.05, 4.69) is 15.0 Å². The van der Waals surface area contributed by atoms with Crippen molar-refractivity contribution in [2.24, 2.45) is 0 Å². The number of amides is 1. The summed E-state index contributed by atoms with van der Waals surface area (Å²) in [6.07, 6.45) is -2.08. The fourth-order valence-corrected chi connectivity index (χ4v) is 3.65. The Kier molecular flexibility index (Phi) is 4.03. The number of hydrogen-bond donors (Lipinski definition) is 1. The SMILES string of the molecule is O=C(c1csc(-c2ccc(C(F)(F)F)cc2)n1)N1CCc2nc[nH]c2C1. The molecule has 0 atom stereocenters. The average Bonchev–Trinajstić information content (AvgIpc) is 3.29. The Labute approximate surface area is 150 Å². The van der Waals surface area contributed by atoms with Crippen LogP contribution < -0.4 is 0 Å². The van der Waals surface area contributed by atoms with Gasteiger partial charge in [-0.05, 0) is 12.1 Å². The number of rotatable bonds is 2. The van der Waals surface area contributed by atoms with Crippen molar-refractivity contribution in [3.8, 4) is 10.6 Å². The lowest BCUT2D eigenvalue weighted by molar-refractivity contribution is -0.137. The van der Waals surface area contributed by atoms with Gasteiger partial charge < -0.3 is 9.88 Å². The highest BCUT2D eigenvalue weighted by Gasteiger charge is 2.30. The van der Waals surface area contributed by atoms with Crippen LogP contribution in [0.4, 0.5) is 13.2 Å². The summed E-state index contributed by atoms with van der Waals surface area (Å²) in [7, 11) is 0. The predicted octanol–water partition coefficient (Wildman–Crippen LogP) is 3.75. The van der Waals surface area contributed by atoms with Crippen LogP contribution in [0.3, 0.4) is 0 Å². The summed E-state index contributed by atoms with van der Waals surface area (Å²) in [5.74, 6) is -0.195. The number of nitrogens with zero attached hydrogens (tertiary/aromatic N) is 3. The summed E-state index contributed by atoms with van der Waals surface area (Å²) in [5, 5.41) is 2.15. The van der Waals surface area contributed by atoms with Gasteiger partial charge in [0.2, 0.25) is 0 Å². The molecule has 0 spiro atoms. The van der Waals surface area contributed by atoms with E-state index in [1.54, 1.807) is 16.6 Å². The van der Waals surface area contributed by atoms with Gasteiger partial charge in [-0.3, -0.25) is 4.79 Å². The normalized spacial score (nSPS) is 14.3. The minimum atomic E-state index is -4.37. The molecule has 1 aromatic carbocycles. The van der Waals surface area contributed by atoms with Gasteiger partial charge in [0, 0.05) is 23.9 Å². The zero-order chi connectivity index (χ0) is 18.3.